The van der Waals surface area contributed by atoms with Crippen molar-refractivity contribution in [2.24, 2.45) is 0 Å². The Balaban J connectivity index is 1.70. The third-order valence-electron chi connectivity index (χ3n) is 2.95. The summed E-state index contributed by atoms with van der Waals surface area (Å²) < 4.78 is 6.21. The number of nitrogens with one attached hydrogen (secondary N) is 2. The number of anilines is 3. The third kappa shape index (κ3) is 3.62. The average molecular weight is 360 g/mol. The van der Waals surface area contributed by atoms with E-state index in [-0.39, 0.29) is 0 Å². The molecule has 2 N–H and O–H groups in total. The van der Waals surface area contributed by atoms with E-state index in [1.165, 1.54) is 5.56 Å². The fourth-order valence-corrected chi connectivity index (χ4v) is 2.47. The van der Waals surface area contributed by atoms with E-state index in [0.717, 1.165) is 15.9 Å². The lowest BCUT2D eigenvalue weighted by Crippen LogP contribution is -2.05. The van der Waals surface area contributed by atoms with Gasteiger partial charge in [-0.2, -0.15) is 10.1 Å². The van der Waals surface area contributed by atoms with Gasteiger partial charge in [0.15, 0.2) is 5.82 Å². The first-order chi connectivity index (χ1) is 10.7. The SMILES string of the molecule is Cc1ccc(Nc2nncc(NCc3ccco3)n2)c(Br)c1. The molecule has 3 aromatic rings. The van der Waals surface area contributed by atoms with Crippen LogP contribution in [0.2, 0.25) is 0 Å². The van der Waals surface area contributed by atoms with Crippen LogP contribution < -0.4 is 10.6 Å². The normalized spacial score (nSPS) is 10.5. The Labute approximate surface area is 136 Å². The quantitative estimate of drug-likeness (QED) is 0.719. The van der Waals surface area contributed by atoms with Gasteiger partial charge in [0, 0.05) is 4.47 Å². The minimum Gasteiger partial charge on any atom is -0.467 e. The first kappa shape index (κ1) is 14.5. The smallest absolute Gasteiger partial charge is 0.249 e. The van der Waals surface area contributed by atoms with E-state index in [4.69, 9.17) is 4.42 Å². The summed E-state index contributed by atoms with van der Waals surface area (Å²) >= 11 is 3.51. The fraction of sp³-hybridized carbons (Fsp3) is 0.133. The van der Waals surface area contributed by atoms with Gasteiger partial charge in [0.2, 0.25) is 5.95 Å². The van der Waals surface area contributed by atoms with Crippen LogP contribution in [-0.2, 0) is 6.54 Å². The monoisotopic (exact) mass is 359 g/mol. The van der Waals surface area contributed by atoms with Gasteiger partial charge in [-0.05, 0) is 52.7 Å². The number of benzene rings is 1. The Morgan fingerprint density at radius 1 is 1.27 bits per heavy atom. The van der Waals surface area contributed by atoms with Crippen LogP contribution in [0.5, 0.6) is 0 Å². The second-order valence-corrected chi connectivity index (χ2v) is 5.56. The largest absolute Gasteiger partial charge is 0.467 e. The van der Waals surface area contributed by atoms with Crippen LogP contribution in [0, 0.1) is 6.92 Å². The molecule has 2 aromatic heterocycles. The number of aromatic nitrogens is 3. The van der Waals surface area contributed by atoms with Gasteiger partial charge in [-0.25, -0.2) is 0 Å². The predicted molar refractivity (Wildman–Crippen MR) is 88.0 cm³/mol. The van der Waals surface area contributed by atoms with E-state index in [0.29, 0.717) is 18.3 Å². The van der Waals surface area contributed by atoms with Crippen molar-refractivity contribution in [2.45, 2.75) is 13.5 Å². The molecule has 7 heteroatoms. The summed E-state index contributed by atoms with van der Waals surface area (Å²) in [6.07, 6.45) is 3.20. The van der Waals surface area contributed by atoms with Crippen LogP contribution in [0.3, 0.4) is 0 Å². The molecule has 0 amide bonds. The fourth-order valence-electron chi connectivity index (χ4n) is 1.87. The first-order valence-corrected chi connectivity index (χ1v) is 7.49. The molecule has 0 unspecified atom stereocenters. The van der Waals surface area contributed by atoms with Crippen LogP contribution in [-0.4, -0.2) is 15.2 Å². The molecule has 0 aliphatic heterocycles. The second kappa shape index (κ2) is 6.57. The molecule has 0 fully saturated rings. The molecule has 0 radical (unpaired) electrons. The van der Waals surface area contributed by atoms with E-state index in [9.17, 15) is 0 Å². The van der Waals surface area contributed by atoms with E-state index >= 15 is 0 Å². The van der Waals surface area contributed by atoms with Crippen molar-refractivity contribution < 1.29 is 4.42 Å². The Kier molecular flexibility index (Phi) is 4.34. The van der Waals surface area contributed by atoms with Gasteiger partial charge in [0.05, 0.1) is 24.7 Å². The highest BCUT2D eigenvalue weighted by Gasteiger charge is 2.05. The molecule has 0 bridgehead atoms. The first-order valence-electron chi connectivity index (χ1n) is 6.70. The van der Waals surface area contributed by atoms with Gasteiger partial charge in [0.25, 0.3) is 0 Å². The van der Waals surface area contributed by atoms with Gasteiger partial charge in [-0.15, -0.1) is 5.10 Å². The molecule has 6 nitrogen and oxygen atoms in total. The maximum atomic E-state index is 5.26. The predicted octanol–water partition coefficient (Wildman–Crippen LogP) is 3.89. The number of halogens is 1. The average Bonchev–Trinajstić information content (AvgIpc) is 3.02. The molecular formula is C15H14BrN5O. The molecule has 3 rings (SSSR count). The summed E-state index contributed by atoms with van der Waals surface area (Å²) in [4.78, 5) is 4.37. The molecule has 0 spiro atoms. The molecule has 0 saturated carbocycles. The number of nitrogens with zero attached hydrogens (tertiary/aromatic N) is 3. The number of hydrogen-bond donors (Lipinski definition) is 2. The molecule has 0 saturated heterocycles. The highest BCUT2D eigenvalue weighted by Crippen LogP contribution is 2.25. The second-order valence-electron chi connectivity index (χ2n) is 4.71. The molecule has 22 heavy (non-hydrogen) atoms. The van der Waals surface area contributed by atoms with Gasteiger partial charge in [-0.3, -0.25) is 0 Å². The van der Waals surface area contributed by atoms with E-state index in [2.05, 4.69) is 41.7 Å². The highest BCUT2D eigenvalue weighted by atomic mass is 79.9. The Morgan fingerprint density at radius 3 is 2.95 bits per heavy atom. The summed E-state index contributed by atoms with van der Waals surface area (Å²) in [6.45, 7) is 2.57. The van der Waals surface area contributed by atoms with Gasteiger partial charge >= 0.3 is 0 Å². The van der Waals surface area contributed by atoms with Crippen molar-refractivity contribution >= 4 is 33.4 Å². The van der Waals surface area contributed by atoms with Gasteiger partial charge < -0.3 is 15.1 Å². The molecular weight excluding hydrogens is 346 g/mol. The molecule has 0 aliphatic carbocycles. The third-order valence-corrected chi connectivity index (χ3v) is 3.61. The summed E-state index contributed by atoms with van der Waals surface area (Å²) in [5.74, 6) is 1.88. The van der Waals surface area contributed by atoms with E-state index in [1.54, 1.807) is 12.5 Å². The molecule has 112 valence electrons. The molecule has 0 aliphatic rings. The molecule has 1 aromatic carbocycles. The Hall–Kier alpha value is -2.41. The molecule has 0 atom stereocenters. The maximum Gasteiger partial charge on any atom is 0.249 e. The van der Waals surface area contributed by atoms with Crippen LogP contribution in [0.25, 0.3) is 0 Å². The van der Waals surface area contributed by atoms with Crippen molar-refractivity contribution in [3.63, 3.8) is 0 Å². The van der Waals surface area contributed by atoms with E-state index < -0.39 is 0 Å². The summed E-state index contributed by atoms with van der Waals surface area (Å²) in [5.41, 5.74) is 2.06. The van der Waals surface area contributed by atoms with Crippen molar-refractivity contribution in [3.8, 4) is 0 Å². The zero-order valence-electron chi connectivity index (χ0n) is 11.9. The lowest BCUT2D eigenvalue weighted by molar-refractivity contribution is 0.517. The Bertz CT molecular complexity index is 760. The number of furan rings is 1. The minimum absolute atomic E-state index is 0.425. The van der Waals surface area contributed by atoms with Crippen molar-refractivity contribution in [3.05, 3.63) is 58.6 Å². The molecule has 2 heterocycles. The highest BCUT2D eigenvalue weighted by molar-refractivity contribution is 9.10. The van der Waals surface area contributed by atoms with Gasteiger partial charge in [-0.1, -0.05) is 6.07 Å². The lowest BCUT2D eigenvalue weighted by Gasteiger charge is -2.08. The van der Waals surface area contributed by atoms with Crippen molar-refractivity contribution in [1.82, 2.24) is 15.2 Å². The zero-order valence-corrected chi connectivity index (χ0v) is 13.5. The van der Waals surface area contributed by atoms with Crippen LogP contribution >= 0.6 is 15.9 Å². The topological polar surface area (TPSA) is 75.9 Å². The zero-order chi connectivity index (χ0) is 15.4. The number of rotatable bonds is 5. The Morgan fingerprint density at radius 2 is 2.18 bits per heavy atom. The summed E-state index contributed by atoms with van der Waals surface area (Å²) in [5, 5.41) is 14.2. The number of hydrogen-bond acceptors (Lipinski definition) is 6. The summed E-state index contributed by atoms with van der Waals surface area (Å²) in [7, 11) is 0. The maximum absolute atomic E-state index is 5.26. The van der Waals surface area contributed by atoms with Crippen LogP contribution in [0.1, 0.15) is 11.3 Å². The van der Waals surface area contributed by atoms with E-state index in [1.807, 2.05) is 37.3 Å². The van der Waals surface area contributed by atoms with Crippen LogP contribution in [0.4, 0.5) is 17.5 Å². The van der Waals surface area contributed by atoms with Crippen molar-refractivity contribution in [1.29, 1.82) is 0 Å². The lowest BCUT2D eigenvalue weighted by atomic mass is 10.2. The number of aryl methyl sites for hydroxylation is 1. The standard InChI is InChI=1S/C15H14BrN5O/c1-10-4-5-13(12(16)7-10)19-15-20-14(9-18-21-15)17-8-11-3-2-6-22-11/h2-7,9H,8H2,1H3,(H2,17,19,20,21). The van der Waals surface area contributed by atoms with Crippen LogP contribution in [0.15, 0.2) is 51.7 Å². The van der Waals surface area contributed by atoms with Gasteiger partial charge in [0.1, 0.15) is 5.76 Å². The minimum atomic E-state index is 0.425. The van der Waals surface area contributed by atoms with Crippen molar-refractivity contribution in [2.75, 3.05) is 10.6 Å². The summed E-state index contributed by atoms with van der Waals surface area (Å²) in [6, 6.07) is 9.74.